The number of nitrogens with zero attached hydrogens (tertiary/aromatic N) is 1. The summed E-state index contributed by atoms with van der Waals surface area (Å²) in [7, 11) is 0. The van der Waals surface area contributed by atoms with E-state index >= 15 is 0 Å². The number of aromatic nitrogens is 2. The maximum atomic E-state index is 11.5. The zero-order chi connectivity index (χ0) is 12.3. The van der Waals surface area contributed by atoms with Gasteiger partial charge < -0.3 is 15.2 Å². The van der Waals surface area contributed by atoms with E-state index in [2.05, 4.69) is 15.5 Å². The number of carbonyl (C=O) groups is 1. The number of aliphatic hydroxyl groups excluding tert-OH is 1. The molecule has 0 saturated heterocycles. The predicted octanol–water partition coefficient (Wildman–Crippen LogP) is 0.199. The summed E-state index contributed by atoms with van der Waals surface area (Å²) in [5, 5.41) is 18.9. The number of nitrogens with one attached hydrogen (secondary N) is 2. The Labute approximate surface area is 99.4 Å². The summed E-state index contributed by atoms with van der Waals surface area (Å²) in [6, 6.07) is 0.329. The molecular formula is C11H17N3O3. The van der Waals surface area contributed by atoms with Gasteiger partial charge in [-0.05, 0) is 19.8 Å². The van der Waals surface area contributed by atoms with E-state index in [1.54, 1.807) is 13.1 Å². The van der Waals surface area contributed by atoms with Gasteiger partial charge in [0, 0.05) is 18.2 Å². The molecule has 17 heavy (non-hydrogen) atoms. The number of esters is 1. The highest BCUT2D eigenvalue weighted by Crippen LogP contribution is 2.20. The first kappa shape index (κ1) is 12.1. The average molecular weight is 239 g/mol. The van der Waals surface area contributed by atoms with E-state index in [1.165, 1.54) is 0 Å². The highest BCUT2D eigenvalue weighted by atomic mass is 16.5. The fourth-order valence-electron chi connectivity index (χ4n) is 1.83. The summed E-state index contributed by atoms with van der Waals surface area (Å²) >= 11 is 0. The Hall–Kier alpha value is -1.40. The topological polar surface area (TPSA) is 87.2 Å². The Morgan fingerprint density at radius 3 is 3.12 bits per heavy atom. The first-order valence-electron chi connectivity index (χ1n) is 5.81. The van der Waals surface area contributed by atoms with Crippen LogP contribution >= 0.6 is 0 Å². The number of rotatable bonds is 5. The number of aromatic amines is 1. The van der Waals surface area contributed by atoms with Crippen LogP contribution in [0, 0.1) is 0 Å². The number of hydrogen-bond acceptors (Lipinski definition) is 5. The highest BCUT2D eigenvalue weighted by Gasteiger charge is 2.27. The summed E-state index contributed by atoms with van der Waals surface area (Å²) in [5.74, 6) is -0.379. The van der Waals surface area contributed by atoms with Gasteiger partial charge in [0.1, 0.15) is 5.69 Å². The lowest BCUT2D eigenvalue weighted by Crippen LogP contribution is -2.43. The van der Waals surface area contributed by atoms with Crippen LogP contribution in [0.3, 0.4) is 0 Å². The fourth-order valence-corrected chi connectivity index (χ4v) is 1.83. The first-order chi connectivity index (χ1) is 8.20. The smallest absolute Gasteiger partial charge is 0.356 e. The van der Waals surface area contributed by atoms with Crippen LogP contribution in [0.4, 0.5) is 0 Å². The zero-order valence-corrected chi connectivity index (χ0v) is 9.77. The Balaban J connectivity index is 1.88. The third-order valence-electron chi connectivity index (χ3n) is 2.89. The molecule has 1 fully saturated rings. The van der Waals surface area contributed by atoms with Gasteiger partial charge in [-0.3, -0.25) is 5.10 Å². The van der Waals surface area contributed by atoms with Crippen LogP contribution in [0.2, 0.25) is 0 Å². The molecule has 1 heterocycles. The van der Waals surface area contributed by atoms with Crippen molar-refractivity contribution in [3.05, 3.63) is 17.5 Å². The number of H-pyrrole nitrogens is 1. The van der Waals surface area contributed by atoms with Gasteiger partial charge in [-0.25, -0.2) is 4.79 Å². The minimum atomic E-state index is -0.379. The molecule has 0 atom stereocenters. The van der Waals surface area contributed by atoms with Crippen LogP contribution in [0.25, 0.3) is 0 Å². The Morgan fingerprint density at radius 1 is 1.71 bits per heavy atom. The molecule has 0 spiro atoms. The lowest BCUT2D eigenvalue weighted by Gasteiger charge is -2.32. The number of ether oxygens (including phenoxy) is 1. The van der Waals surface area contributed by atoms with Crippen LogP contribution in [0.5, 0.6) is 0 Å². The standard InChI is InChI=1S/C11H17N3O3/c1-2-17-11(16)10-7(6-13-14-10)5-12-8-3-9(15)4-8/h6,8-9,12,15H,2-5H2,1H3,(H,13,14). The van der Waals surface area contributed by atoms with Crippen LogP contribution in [-0.2, 0) is 11.3 Å². The molecule has 0 aliphatic heterocycles. The van der Waals surface area contributed by atoms with E-state index in [1.807, 2.05) is 0 Å². The molecule has 0 bridgehead atoms. The van der Waals surface area contributed by atoms with Gasteiger partial charge in [-0.1, -0.05) is 0 Å². The predicted molar refractivity (Wildman–Crippen MR) is 60.4 cm³/mol. The summed E-state index contributed by atoms with van der Waals surface area (Å²) in [4.78, 5) is 11.5. The van der Waals surface area contributed by atoms with Crippen molar-refractivity contribution in [2.24, 2.45) is 0 Å². The van der Waals surface area contributed by atoms with Crippen molar-refractivity contribution < 1.29 is 14.6 Å². The van der Waals surface area contributed by atoms with Crippen molar-refractivity contribution in [2.75, 3.05) is 6.61 Å². The monoisotopic (exact) mass is 239 g/mol. The molecule has 0 aromatic carbocycles. The van der Waals surface area contributed by atoms with Gasteiger partial charge in [0.05, 0.1) is 18.9 Å². The van der Waals surface area contributed by atoms with Gasteiger partial charge in [0.15, 0.2) is 0 Å². The van der Waals surface area contributed by atoms with E-state index in [9.17, 15) is 4.79 Å². The summed E-state index contributed by atoms with van der Waals surface area (Å²) in [6.07, 6.45) is 2.98. The zero-order valence-electron chi connectivity index (χ0n) is 9.77. The molecule has 3 N–H and O–H groups in total. The van der Waals surface area contributed by atoms with Crippen LogP contribution in [0.15, 0.2) is 6.20 Å². The molecule has 6 nitrogen and oxygen atoms in total. The van der Waals surface area contributed by atoms with E-state index in [-0.39, 0.29) is 12.1 Å². The van der Waals surface area contributed by atoms with Gasteiger partial charge in [-0.15, -0.1) is 0 Å². The van der Waals surface area contributed by atoms with E-state index in [0.717, 1.165) is 18.4 Å². The average Bonchev–Trinajstić information content (AvgIpc) is 2.71. The number of aliphatic hydroxyl groups is 1. The molecule has 1 aliphatic carbocycles. The molecule has 1 aliphatic rings. The van der Waals surface area contributed by atoms with Gasteiger partial charge in [0.2, 0.25) is 0 Å². The molecule has 6 heteroatoms. The summed E-state index contributed by atoms with van der Waals surface area (Å²) < 4.78 is 4.91. The molecule has 1 saturated carbocycles. The quantitative estimate of drug-likeness (QED) is 0.639. The third-order valence-corrected chi connectivity index (χ3v) is 2.89. The lowest BCUT2D eigenvalue weighted by molar-refractivity contribution is 0.0513. The van der Waals surface area contributed by atoms with Crippen LogP contribution in [-0.4, -0.2) is 40.0 Å². The Kier molecular flexibility index (Phi) is 3.75. The number of carbonyl (C=O) groups excluding carboxylic acids is 1. The minimum absolute atomic E-state index is 0.179. The maximum absolute atomic E-state index is 11.5. The third kappa shape index (κ3) is 2.83. The molecule has 94 valence electrons. The highest BCUT2D eigenvalue weighted by molar-refractivity contribution is 5.88. The Morgan fingerprint density at radius 2 is 2.47 bits per heavy atom. The second-order valence-electron chi connectivity index (χ2n) is 4.19. The van der Waals surface area contributed by atoms with Gasteiger partial charge in [-0.2, -0.15) is 5.10 Å². The fraction of sp³-hybridized carbons (Fsp3) is 0.636. The SMILES string of the molecule is CCOC(=O)c1[nH]ncc1CNC1CC(O)C1. The lowest BCUT2D eigenvalue weighted by atomic mass is 9.89. The van der Waals surface area contributed by atoms with Crippen molar-refractivity contribution in [1.82, 2.24) is 15.5 Å². The molecular weight excluding hydrogens is 222 g/mol. The van der Waals surface area contributed by atoms with Crippen molar-refractivity contribution in [3.63, 3.8) is 0 Å². The second-order valence-corrected chi connectivity index (χ2v) is 4.19. The normalized spacial score (nSPS) is 23.2. The van der Waals surface area contributed by atoms with Crippen molar-refractivity contribution in [3.8, 4) is 0 Å². The second kappa shape index (κ2) is 5.29. The van der Waals surface area contributed by atoms with Crippen LogP contribution < -0.4 is 5.32 Å². The van der Waals surface area contributed by atoms with E-state index in [0.29, 0.717) is 24.9 Å². The van der Waals surface area contributed by atoms with Crippen molar-refractivity contribution in [2.45, 2.75) is 38.5 Å². The van der Waals surface area contributed by atoms with Crippen molar-refractivity contribution in [1.29, 1.82) is 0 Å². The molecule has 2 rings (SSSR count). The first-order valence-corrected chi connectivity index (χ1v) is 5.81. The summed E-state index contributed by atoms with van der Waals surface area (Å²) in [5.41, 5.74) is 1.20. The van der Waals surface area contributed by atoms with Gasteiger partial charge >= 0.3 is 5.97 Å². The summed E-state index contributed by atoms with van der Waals surface area (Å²) in [6.45, 7) is 2.67. The molecule has 1 aromatic rings. The maximum Gasteiger partial charge on any atom is 0.356 e. The number of hydrogen-bond donors (Lipinski definition) is 3. The molecule has 0 radical (unpaired) electrons. The largest absolute Gasteiger partial charge is 0.461 e. The molecule has 0 amide bonds. The molecule has 1 aromatic heterocycles. The molecule has 0 unspecified atom stereocenters. The van der Waals surface area contributed by atoms with E-state index < -0.39 is 0 Å². The van der Waals surface area contributed by atoms with Crippen molar-refractivity contribution >= 4 is 5.97 Å². The minimum Gasteiger partial charge on any atom is -0.461 e. The Bertz CT molecular complexity index is 385. The van der Waals surface area contributed by atoms with Crippen LogP contribution in [0.1, 0.15) is 35.8 Å². The van der Waals surface area contributed by atoms with E-state index in [4.69, 9.17) is 9.84 Å². The van der Waals surface area contributed by atoms with Gasteiger partial charge in [0.25, 0.3) is 0 Å².